The van der Waals surface area contributed by atoms with Crippen LogP contribution < -0.4 is 16.4 Å². The van der Waals surface area contributed by atoms with E-state index in [1.165, 1.54) is 4.90 Å². The Hall–Kier alpha value is -4.40. The summed E-state index contributed by atoms with van der Waals surface area (Å²) in [5, 5.41) is 7.46. The van der Waals surface area contributed by atoms with Gasteiger partial charge in [-0.05, 0) is 88.1 Å². The predicted octanol–water partition coefficient (Wildman–Crippen LogP) is 5.14. The molecule has 0 fully saturated rings. The number of anilines is 1. The Labute approximate surface area is 241 Å². The molecule has 2 atom stereocenters. The largest absolute Gasteiger partial charge is 0.444 e. The lowest BCUT2D eigenvalue weighted by Gasteiger charge is -2.37. The molecule has 0 aliphatic rings. The minimum atomic E-state index is -1.34. The van der Waals surface area contributed by atoms with Crippen LogP contribution in [0.5, 0.6) is 0 Å². The summed E-state index contributed by atoms with van der Waals surface area (Å²) in [7, 11) is 0. The average molecular weight is 561 g/mol. The third kappa shape index (κ3) is 8.06. The summed E-state index contributed by atoms with van der Waals surface area (Å²) in [6.07, 6.45) is -1.34. The average Bonchev–Trinajstić information content (AvgIpc) is 2.86. The van der Waals surface area contributed by atoms with Crippen LogP contribution in [0.15, 0.2) is 60.7 Å². The van der Waals surface area contributed by atoms with Crippen LogP contribution in [0.1, 0.15) is 63.8 Å². The normalized spacial score (nSPS) is 12.9. The van der Waals surface area contributed by atoms with Gasteiger partial charge in [0.05, 0.1) is 6.42 Å². The smallest absolute Gasteiger partial charge is 0.408 e. The minimum absolute atomic E-state index is 0.439. The van der Waals surface area contributed by atoms with Crippen molar-refractivity contribution in [1.29, 1.82) is 0 Å². The Kier molecular flexibility index (Phi) is 9.75. The number of aryl methyl sites for hydroxylation is 1. The van der Waals surface area contributed by atoms with Crippen molar-refractivity contribution in [1.82, 2.24) is 10.2 Å². The summed E-state index contributed by atoms with van der Waals surface area (Å²) in [4.78, 5) is 54.2. The lowest BCUT2D eigenvalue weighted by Crippen LogP contribution is -2.55. The van der Waals surface area contributed by atoms with Crippen molar-refractivity contribution in [2.45, 2.75) is 78.6 Å². The highest BCUT2D eigenvalue weighted by Crippen LogP contribution is 2.31. The summed E-state index contributed by atoms with van der Waals surface area (Å²) in [5.41, 5.74) is 7.62. The van der Waals surface area contributed by atoms with Gasteiger partial charge in [0.2, 0.25) is 11.8 Å². The van der Waals surface area contributed by atoms with Gasteiger partial charge in [0.15, 0.2) is 0 Å². The first-order chi connectivity index (χ1) is 19.2. The molecule has 3 aromatic carbocycles. The molecule has 0 heterocycles. The SMILES string of the molecule is Cc1cccc(C(C(=O)Nc2ccc3ccccc3c2)N(C(=O)C(CC(N)=O)NC(=O)OC(C)(C)C)C(C)C)c1C. The molecule has 3 rings (SSSR count). The first-order valence-corrected chi connectivity index (χ1v) is 13.6. The van der Waals surface area contributed by atoms with Gasteiger partial charge in [-0.25, -0.2) is 4.79 Å². The van der Waals surface area contributed by atoms with Gasteiger partial charge < -0.3 is 26.0 Å². The zero-order chi connectivity index (χ0) is 30.5. The van der Waals surface area contributed by atoms with E-state index in [9.17, 15) is 19.2 Å². The number of rotatable bonds is 9. The molecule has 218 valence electrons. The van der Waals surface area contributed by atoms with Crippen LogP contribution in [-0.2, 0) is 19.1 Å². The first kappa shape index (κ1) is 31.1. The molecule has 4 N–H and O–H groups in total. The number of nitrogens with one attached hydrogen (secondary N) is 2. The number of hydrogen-bond donors (Lipinski definition) is 3. The zero-order valence-corrected chi connectivity index (χ0v) is 24.8. The van der Waals surface area contributed by atoms with E-state index in [1.54, 1.807) is 40.7 Å². The number of benzene rings is 3. The van der Waals surface area contributed by atoms with Crippen molar-refractivity contribution in [3.8, 4) is 0 Å². The fraction of sp³-hybridized carbons (Fsp3) is 0.375. The summed E-state index contributed by atoms with van der Waals surface area (Å²) < 4.78 is 5.33. The second-order valence-electron chi connectivity index (χ2n) is 11.5. The number of fused-ring (bicyclic) bond motifs is 1. The van der Waals surface area contributed by atoms with Crippen LogP contribution in [0.4, 0.5) is 10.5 Å². The highest BCUT2D eigenvalue weighted by Gasteiger charge is 2.39. The van der Waals surface area contributed by atoms with Crippen molar-refractivity contribution in [2.75, 3.05) is 5.32 Å². The molecule has 0 aliphatic heterocycles. The second-order valence-corrected chi connectivity index (χ2v) is 11.5. The molecule has 3 aromatic rings. The van der Waals surface area contributed by atoms with Crippen LogP contribution in [0.2, 0.25) is 0 Å². The molecule has 0 radical (unpaired) electrons. The van der Waals surface area contributed by atoms with Gasteiger partial charge in [-0.2, -0.15) is 0 Å². The quantitative estimate of drug-likeness (QED) is 0.333. The standard InChI is InChI=1S/C32H40N4O5/c1-19(2)36(30(39)26(18-27(33)37)35-31(40)41-32(5,6)7)28(25-14-10-11-20(3)21(25)4)29(38)34-24-16-15-22-12-8-9-13-23(22)17-24/h8-17,19,26,28H,18H2,1-7H3,(H2,33,37)(H,34,38)(H,35,40). The van der Waals surface area contributed by atoms with Crippen LogP contribution in [0.3, 0.4) is 0 Å². The fourth-order valence-corrected chi connectivity index (χ4v) is 4.68. The van der Waals surface area contributed by atoms with Crippen LogP contribution >= 0.6 is 0 Å². The van der Waals surface area contributed by atoms with E-state index in [0.717, 1.165) is 21.9 Å². The van der Waals surface area contributed by atoms with Crippen LogP contribution in [0.25, 0.3) is 10.8 Å². The lowest BCUT2D eigenvalue weighted by atomic mass is 9.94. The van der Waals surface area contributed by atoms with Crippen molar-refractivity contribution >= 4 is 40.3 Å². The number of nitrogens with zero attached hydrogens (tertiary/aromatic N) is 1. The maximum Gasteiger partial charge on any atom is 0.408 e. The molecule has 9 heteroatoms. The molecule has 41 heavy (non-hydrogen) atoms. The van der Waals surface area contributed by atoms with E-state index in [-0.39, 0.29) is 0 Å². The maximum absolute atomic E-state index is 14.1. The van der Waals surface area contributed by atoms with Crippen molar-refractivity contribution < 1.29 is 23.9 Å². The Morgan fingerprint density at radius 1 is 0.927 bits per heavy atom. The first-order valence-electron chi connectivity index (χ1n) is 13.6. The van der Waals surface area contributed by atoms with Crippen molar-refractivity contribution in [2.24, 2.45) is 5.73 Å². The van der Waals surface area contributed by atoms with Gasteiger partial charge in [-0.15, -0.1) is 0 Å². The van der Waals surface area contributed by atoms with Crippen molar-refractivity contribution in [3.63, 3.8) is 0 Å². The molecule has 0 aliphatic carbocycles. The van der Waals surface area contributed by atoms with E-state index in [4.69, 9.17) is 10.5 Å². The number of alkyl carbamates (subject to hydrolysis) is 1. The number of carbonyl (C=O) groups excluding carboxylic acids is 4. The Morgan fingerprint density at radius 3 is 2.20 bits per heavy atom. The zero-order valence-electron chi connectivity index (χ0n) is 24.8. The van der Waals surface area contributed by atoms with Gasteiger partial charge in [0.1, 0.15) is 17.7 Å². The van der Waals surface area contributed by atoms with E-state index >= 15 is 0 Å². The number of carbonyl (C=O) groups is 4. The van der Waals surface area contributed by atoms with Gasteiger partial charge >= 0.3 is 6.09 Å². The molecular formula is C32H40N4O5. The van der Waals surface area contributed by atoms with E-state index in [1.807, 2.05) is 68.4 Å². The molecular weight excluding hydrogens is 520 g/mol. The predicted molar refractivity (Wildman–Crippen MR) is 160 cm³/mol. The Bertz CT molecular complexity index is 1440. The number of nitrogens with two attached hydrogens (primary N) is 1. The molecule has 0 bridgehead atoms. The molecule has 2 unspecified atom stereocenters. The molecule has 0 spiro atoms. The summed E-state index contributed by atoms with van der Waals surface area (Å²) in [5.74, 6) is -1.86. The van der Waals surface area contributed by atoms with Crippen molar-refractivity contribution in [3.05, 3.63) is 77.4 Å². The maximum atomic E-state index is 14.1. The number of ether oxygens (including phenoxy) is 1. The van der Waals surface area contributed by atoms with Gasteiger partial charge in [-0.3, -0.25) is 14.4 Å². The number of primary amides is 1. The lowest BCUT2D eigenvalue weighted by molar-refractivity contribution is -0.143. The molecule has 4 amide bonds. The van der Waals surface area contributed by atoms with Crippen LogP contribution in [0, 0.1) is 13.8 Å². The van der Waals surface area contributed by atoms with E-state index in [2.05, 4.69) is 10.6 Å². The van der Waals surface area contributed by atoms with E-state index < -0.39 is 54.0 Å². The molecule has 0 aromatic heterocycles. The molecule has 0 saturated heterocycles. The van der Waals surface area contributed by atoms with E-state index in [0.29, 0.717) is 11.3 Å². The summed E-state index contributed by atoms with van der Waals surface area (Å²) in [6.45, 7) is 12.4. The van der Waals surface area contributed by atoms with Gasteiger partial charge in [0.25, 0.3) is 5.91 Å². The highest BCUT2D eigenvalue weighted by atomic mass is 16.6. The molecule has 9 nitrogen and oxygen atoms in total. The monoisotopic (exact) mass is 560 g/mol. The summed E-state index contributed by atoms with van der Waals surface area (Å²) in [6, 6.07) is 16.0. The summed E-state index contributed by atoms with van der Waals surface area (Å²) >= 11 is 0. The highest BCUT2D eigenvalue weighted by molar-refractivity contribution is 6.01. The molecule has 0 saturated carbocycles. The Balaban J connectivity index is 2.07. The third-order valence-corrected chi connectivity index (χ3v) is 6.69. The second kappa shape index (κ2) is 12.8. The number of amides is 4. The minimum Gasteiger partial charge on any atom is -0.444 e. The topological polar surface area (TPSA) is 131 Å². The van der Waals surface area contributed by atoms with Crippen LogP contribution in [-0.4, -0.2) is 46.4 Å². The van der Waals surface area contributed by atoms with Gasteiger partial charge in [-0.1, -0.05) is 48.5 Å². The number of hydrogen-bond acceptors (Lipinski definition) is 5. The van der Waals surface area contributed by atoms with Gasteiger partial charge in [0, 0.05) is 11.7 Å². The Morgan fingerprint density at radius 2 is 1.59 bits per heavy atom. The third-order valence-electron chi connectivity index (χ3n) is 6.69. The fourth-order valence-electron chi connectivity index (χ4n) is 4.68.